The van der Waals surface area contributed by atoms with Crippen LogP contribution in [0.3, 0.4) is 0 Å². The van der Waals surface area contributed by atoms with E-state index in [0.717, 1.165) is 27.6 Å². The van der Waals surface area contributed by atoms with Crippen molar-refractivity contribution in [1.29, 1.82) is 0 Å². The smallest absolute Gasteiger partial charge is 0.272 e. The van der Waals surface area contributed by atoms with Crippen LogP contribution in [0.4, 0.5) is 11.4 Å². The van der Waals surface area contributed by atoms with Gasteiger partial charge < -0.3 is 9.88 Å². The molecule has 0 fully saturated rings. The molecule has 3 aromatic rings. The molecule has 0 amide bonds. The summed E-state index contributed by atoms with van der Waals surface area (Å²) < 4.78 is 1.02. The second-order valence-electron chi connectivity index (χ2n) is 4.79. The third kappa shape index (κ3) is 2.72. The number of halogens is 1. The summed E-state index contributed by atoms with van der Waals surface area (Å²) in [6.45, 7) is 2.76. The Balaban J connectivity index is 2.14. The summed E-state index contributed by atoms with van der Waals surface area (Å²) in [7, 11) is 0. The van der Waals surface area contributed by atoms with Gasteiger partial charge in [0.15, 0.2) is 0 Å². The lowest BCUT2D eigenvalue weighted by molar-refractivity contribution is 1.01. The summed E-state index contributed by atoms with van der Waals surface area (Å²) in [5.74, 6) is 0. The first-order valence-electron chi connectivity index (χ1n) is 6.84. The summed E-state index contributed by atoms with van der Waals surface area (Å²) in [6, 6.07) is 17.7. The minimum Gasteiger partial charge on any atom is -0.337 e. The summed E-state index contributed by atoms with van der Waals surface area (Å²) in [5.41, 5.74) is 2.46. The maximum absolute atomic E-state index is 12.4. The molecule has 3 nitrogen and oxygen atoms in total. The maximum atomic E-state index is 12.4. The first-order chi connectivity index (χ1) is 10.2. The molecule has 0 aliphatic heterocycles. The van der Waals surface area contributed by atoms with E-state index in [1.165, 1.54) is 0 Å². The van der Waals surface area contributed by atoms with E-state index in [9.17, 15) is 4.79 Å². The zero-order valence-electron chi connectivity index (χ0n) is 11.6. The SMILES string of the molecule is CCN(c1ccc(Br)cc1)c1cc2ccccc2[nH]c1=O. The normalized spacial score (nSPS) is 10.8. The summed E-state index contributed by atoms with van der Waals surface area (Å²) in [6.07, 6.45) is 0. The summed E-state index contributed by atoms with van der Waals surface area (Å²) in [4.78, 5) is 17.3. The van der Waals surface area contributed by atoms with Crippen LogP contribution >= 0.6 is 15.9 Å². The van der Waals surface area contributed by atoms with Gasteiger partial charge in [0, 0.05) is 27.6 Å². The minimum atomic E-state index is -0.0709. The van der Waals surface area contributed by atoms with E-state index in [1.807, 2.05) is 66.4 Å². The number of fused-ring (bicyclic) bond motifs is 1. The van der Waals surface area contributed by atoms with Gasteiger partial charge in [0.2, 0.25) is 0 Å². The monoisotopic (exact) mass is 342 g/mol. The molecule has 2 aromatic carbocycles. The highest BCUT2D eigenvalue weighted by molar-refractivity contribution is 9.10. The van der Waals surface area contributed by atoms with Crippen LogP contribution in [-0.2, 0) is 0 Å². The average Bonchev–Trinajstić information content (AvgIpc) is 2.50. The number of H-pyrrole nitrogens is 1. The van der Waals surface area contributed by atoms with E-state index in [2.05, 4.69) is 20.9 Å². The Labute approximate surface area is 131 Å². The van der Waals surface area contributed by atoms with Crippen LogP contribution in [0.1, 0.15) is 6.92 Å². The maximum Gasteiger partial charge on any atom is 0.272 e. The fourth-order valence-corrected chi connectivity index (χ4v) is 2.71. The fourth-order valence-electron chi connectivity index (χ4n) is 2.45. The molecule has 1 N–H and O–H groups in total. The fraction of sp³-hybridized carbons (Fsp3) is 0.118. The quantitative estimate of drug-likeness (QED) is 0.763. The molecule has 106 valence electrons. The molecule has 0 aliphatic rings. The van der Waals surface area contributed by atoms with Crippen LogP contribution < -0.4 is 10.5 Å². The number of aromatic amines is 1. The standard InChI is InChI=1S/C17H15BrN2O/c1-2-20(14-9-7-13(18)8-10-14)16-11-12-5-3-4-6-15(12)19-17(16)21/h3-11H,2H2,1H3,(H,19,21). The van der Waals surface area contributed by atoms with Gasteiger partial charge in [-0.2, -0.15) is 0 Å². The first-order valence-corrected chi connectivity index (χ1v) is 7.63. The van der Waals surface area contributed by atoms with E-state index >= 15 is 0 Å². The number of anilines is 2. The van der Waals surface area contributed by atoms with Crippen molar-refractivity contribution in [3.8, 4) is 0 Å². The number of nitrogens with one attached hydrogen (secondary N) is 1. The Morgan fingerprint density at radius 1 is 1.10 bits per heavy atom. The molecule has 4 heteroatoms. The Hall–Kier alpha value is -2.07. The van der Waals surface area contributed by atoms with Crippen molar-refractivity contribution >= 4 is 38.2 Å². The topological polar surface area (TPSA) is 36.1 Å². The number of benzene rings is 2. The van der Waals surface area contributed by atoms with Gasteiger partial charge in [0.25, 0.3) is 5.56 Å². The van der Waals surface area contributed by atoms with Gasteiger partial charge >= 0.3 is 0 Å². The predicted molar refractivity (Wildman–Crippen MR) is 91.4 cm³/mol. The van der Waals surface area contributed by atoms with Gasteiger partial charge in [-0.25, -0.2) is 0 Å². The molecule has 1 aromatic heterocycles. The molecule has 0 bridgehead atoms. The van der Waals surface area contributed by atoms with E-state index in [4.69, 9.17) is 0 Å². The summed E-state index contributed by atoms with van der Waals surface area (Å²) in [5, 5.41) is 1.03. The molecular formula is C17H15BrN2O. The molecule has 0 atom stereocenters. The van der Waals surface area contributed by atoms with E-state index in [1.54, 1.807) is 0 Å². The number of para-hydroxylation sites is 1. The van der Waals surface area contributed by atoms with E-state index in [0.29, 0.717) is 5.69 Å². The lowest BCUT2D eigenvalue weighted by atomic mass is 10.2. The molecule has 0 unspecified atom stereocenters. The lowest BCUT2D eigenvalue weighted by Crippen LogP contribution is -2.24. The summed E-state index contributed by atoms with van der Waals surface area (Å²) >= 11 is 3.43. The van der Waals surface area contributed by atoms with Crippen LogP contribution in [0.2, 0.25) is 0 Å². The zero-order chi connectivity index (χ0) is 14.8. The predicted octanol–water partition coefficient (Wildman–Crippen LogP) is 4.45. The van der Waals surface area contributed by atoms with E-state index in [-0.39, 0.29) is 5.56 Å². The number of hydrogen-bond acceptors (Lipinski definition) is 2. The molecular weight excluding hydrogens is 328 g/mol. The van der Waals surface area contributed by atoms with Gasteiger partial charge in [0.05, 0.1) is 0 Å². The Morgan fingerprint density at radius 2 is 1.81 bits per heavy atom. The van der Waals surface area contributed by atoms with Crippen molar-refractivity contribution in [3.63, 3.8) is 0 Å². The second-order valence-corrected chi connectivity index (χ2v) is 5.71. The second kappa shape index (κ2) is 5.74. The van der Waals surface area contributed by atoms with Gasteiger partial charge in [-0.05, 0) is 43.3 Å². The minimum absolute atomic E-state index is 0.0709. The highest BCUT2D eigenvalue weighted by Gasteiger charge is 2.12. The molecule has 21 heavy (non-hydrogen) atoms. The van der Waals surface area contributed by atoms with Crippen molar-refractivity contribution in [1.82, 2.24) is 4.98 Å². The van der Waals surface area contributed by atoms with Crippen LogP contribution in [0.15, 0.2) is 63.9 Å². The van der Waals surface area contributed by atoms with Gasteiger partial charge in [-0.1, -0.05) is 34.1 Å². The van der Waals surface area contributed by atoms with Gasteiger partial charge in [-0.3, -0.25) is 4.79 Å². The number of nitrogens with zero attached hydrogens (tertiary/aromatic N) is 1. The Kier molecular flexibility index (Phi) is 3.80. The molecule has 3 rings (SSSR count). The molecule has 1 heterocycles. The van der Waals surface area contributed by atoms with Crippen molar-refractivity contribution in [3.05, 3.63) is 69.4 Å². The molecule has 0 saturated heterocycles. The van der Waals surface area contributed by atoms with Crippen molar-refractivity contribution in [2.75, 3.05) is 11.4 Å². The highest BCUT2D eigenvalue weighted by atomic mass is 79.9. The Morgan fingerprint density at radius 3 is 2.52 bits per heavy atom. The largest absolute Gasteiger partial charge is 0.337 e. The van der Waals surface area contributed by atoms with Crippen LogP contribution in [0.25, 0.3) is 10.9 Å². The number of pyridine rings is 1. The number of rotatable bonds is 3. The van der Waals surface area contributed by atoms with Crippen molar-refractivity contribution in [2.45, 2.75) is 6.92 Å². The van der Waals surface area contributed by atoms with Crippen molar-refractivity contribution < 1.29 is 0 Å². The average molecular weight is 343 g/mol. The first kappa shape index (κ1) is 13.9. The molecule has 0 saturated carbocycles. The lowest BCUT2D eigenvalue weighted by Gasteiger charge is -2.22. The zero-order valence-corrected chi connectivity index (χ0v) is 13.2. The van der Waals surface area contributed by atoms with Crippen molar-refractivity contribution in [2.24, 2.45) is 0 Å². The number of hydrogen-bond donors (Lipinski definition) is 1. The Bertz CT molecular complexity index is 824. The third-order valence-electron chi connectivity index (χ3n) is 3.48. The molecule has 0 spiro atoms. The van der Waals surface area contributed by atoms with Gasteiger partial charge in [0.1, 0.15) is 5.69 Å². The third-order valence-corrected chi connectivity index (χ3v) is 4.01. The van der Waals surface area contributed by atoms with Gasteiger partial charge in [-0.15, -0.1) is 0 Å². The molecule has 0 radical (unpaired) electrons. The van der Waals surface area contributed by atoms with Crippen LogP contribution in [0.5, 0.6) is 0 Å². The highest BCUT2D eigenvalue weighted by Crippen LogP contribution is 2.25. The van der Waals surface area contributed by atoms with Crippen LogP contribution in [-0.4, -0.2) is 11.5 Å². The molecule has 0 aliphatic carbocycles. The number of aromatic nitrogens is 1. The van der Waals surface area contributed by atoms with Crippen LogP contribution in [0, 0.1) is 0 Å². The van der Waals surface area contributed by atoms with E-state index < -0.39 is 0 Å².